The number of carbonyl (C=O) groups is 1. The van der Waals surface area contributed by atoms with E-state index in [1.807, 2.05) is 6.07 Å². The van der Waals surface area contributed by atoms with Crippen LogP contribution in [-0.2, 0) is 6.61 Å². The summed E-state index contributed by atoms with van der Waals surface area (Å²) in [6.45, 7) is 0.203. The highest BCUT2D eigenvalue weighted by Crippen LogP contribution is 2.25. The molecule has 0 unspecified atom stereocenters. The van der Waals surface area contributed by atoms with Gasteiger partial charge < -0.3 is 9.84 Å². The molecule has 0 saturated carbocycles. The molecule has 0 saturated heterocycles. The van der Waals surface area contributed by atoms with Crippen LogP contribution >= 0.6 is 11.3 Å². The minimum absolute atomic E-state index is 0.171. The van der Waals surface area contributed by atoms with E-state index in [4.69, 9.17) is 15.1 Å². The largest absolute Gasteiger partial charge is 0.487 e. The van der Waals surface area contributed by atoms with Gasteiger partial charge in [0.05, 0.1) is 0 Å². The van der Waals surface area contributed by atoms with E-state index in [1.54, 1.807) is 23.6 Å². The van der Waals surface area contributed by atoms with Gasteiger partial charge in [-0.2, -0.15) is 5.26 Å². The van der Waals surface area contributed by atoms with Crippen molar-refractivity contribution in [1.29, 1.82) is 5.26 Å². The van der Waals surface area contributed by atoms with Crippen LogP contribution in [0.4, 0.5) is 0 Å². The highest BCUT2D eigenvalue weighted by molar-refractivity contribution is 7.12. The van der Waals surface area contributed by atoms with Gasteiger partial charge in [-0.05, 0) is 29.1 Å². The number of thiophene rings is 1. The average molecular weight is 260 g/mol. The third-order valence-electron chi connectivity index (χ3n) is 2.16. The van der Waals surface area contributed by atoms with Crippen LogP contribution in [0.3, 0.4) is 0 Å². The molecule has 5 nitrogen and oxygen atoms in total. The highest BCUT2D eigenvalue weighted by Gasteiger charge is 2.12. The number of carboxylic acid groups (broad SMARTS) is 1. The molecule has 0 aromatic carbocycles. The zero-order chi connectivity index (χ0) is 13.0. The van der Waals surface area contributed by atoms with E-state index in [1.165, 1.54) is 6.20 Å². The maximum atomic E-state index is 10.9. The predicted octanol–water partition coefficient (Wildman–Crippen LogP) is 2.29. The second-order valence-corrected chi connectivity index (χ2v) is 4.29. The quantitative estimate of drug-likeness (QED) is 0.911. The molecule has 6 heteroatoms. The number of nitriles is 1. The van der Waals surface area contributed by atoms with Gasteiger partial charge in [0.15, 0.2) is 4.88 Å². The lowest BCUT2D eigenvalue weighted by Crippen LogP contribution is -2.00. The topological polar surface area (TPSA) is 83.2 Å². The van der Waals surface area contributed by atoms with Crippen molar-refractivity contribution in [3.8, 4) is 11.8 Å². The summed E-state index contributed by atoms with van der Waals surface area (Å²) in [4.78, 5) is 14.9. The van der Waals surface area contributed by atoms with Crippen molar-refractivity contribution in [2.75, 3.05) is 0 Å². The molecule has 0 fully saturated rings. The molecule has 90 valence electrons. The maximum Gasteiger partial charge on any atom is 0.349 e. The van der Waals surface area contributed by atoms with Crippen molar-refractivity contribution in [2.24, 2.45) is 0 Å². The molecule has 1 N–H and O–H groups in total. The maximum absolute atomic E-state index is 10.9. The molecule has 0 bridgehead atoms. The SMILES string of the molecule is N#Cc1cc(COc2ccsc2C(=O)O)ccn1. The molecular weight excluding hydrogens is 252 g/mol. The molecule has 0 radical (unpaired) electrons. The van der Waals surface area contributed by atoms with Crippen LogP contribution in [0.2, 0.25) is 0 Å². The van der Waals surface area contributed by atoms with E-state index in [2.05, 4.69) is 4.98 Å². The summed E-state index contributed by atoms with van der Waals surface area (Å²) in [5.74, 6) is -0.671. The molecule has 0 aliphatic rings. The Morgan fingerprint density at radius 3 is 3.11 bits per heavy atom. The first-order valence-electron chi connectivity index (χ1n) is 4.99. The van der Waals surface area contributed by atoms with Crippen LogP contribution < -0.4 is 4.74 Å². The van der Waals surface area contributed by atoms with E-state index in [-0.39, 0.29) is 11.5 Å². The van der Waals surface area contributed by atoms with Crippen molar-refractivity contribution in [3.63, 3.8) is 0 Å². The first-order chi connectivity index (χ1) is 8.70. The minimum atomic E-state index is -1.01. The summed E-state index contributed by atoms with van der Waals surface area (Å²) in [6, 6.07) is 6.86. The molecular formula is C12H8N2O3S. The predicted molar refractivity (Wildman–Crippen MR) is 64.6 cm³/mol. The number of carboxylic acids is 1. The third-order valence-corrected chi connectivity index (χ3v) is 3.04. The Kier molecular flexibility index (Phi) is 3.55. The van der Waals surface area contributed by atoms with Gasteiger partial charge in [-0.15, -0.1) is 11.3 Å². The van der Waals surface area contributed by atoms with Crippen molar-refractivity contribution < 1.29 is 14.6 Å². The number of ether oxygens (including phenoxy) is 1. The van der Waals surface area contributed by atoms with E-state index in [0.717, 1.165) is 16.9 Å². The number of hydrogen-bond donors (Lipinski definition) is 1. The molecule has 2 aromatic heterocycles. The van der Waals surface area contributed by atoms with Crippen LogP contribution in [0.1, 0.15) is 20.9 Å². The fourth-order valence-corrected chi connectivity index (χ4v) is 2.03. The Hall–Kier alpha value is -2.39. The van der Waals surface area contributed by atoms with Crippen LogP contribution in [-0.4, -0.2) is 16.1 Å². The van der Waals surface area contributed by atoms with Gasteiger partial charge in [0.2, 0.25) is 0 Å². The Morgan fingerprint density at radius 1 is 1.56 bits per heavy atom. The van der Waals surface area contributed by atoms with E-state index in [0.29, 0.717) is 11.4 Å². The monoisotopic (exact) mass is 260 g/mol. The Labute approximate surface area is 107 Å². The Bertz CT molecular complexity index is 616. The molecule has 0 aliphatic carbocycles. The number of nitrogens with zero attached hydrogens (tertiary/aromatic N) is 2. The summed E-state index contributed by atoms with van der Waals surface area (Å²) in [5.41, 5.74) is 1.07. The summed E-state index contributed by atoms with van der Waals surface area (Å²) >= 11 is 1.11. The fourth-order valence-electron chi connectivity index (χ4n) is 1.35. The molecule has 2 heterocycles. The van der Waals surface area contributed by atoms with E-state index in [9.17, 15) is 4.79 Å². The Morgan fingerprint density at radius 2 is 2.39 bits per heavy atom. The van der Waals surface area contributed by atoms with Gasteiger partial charge >= 0.3 is 5.97 Å². The highest BCUT2D eigenvalue weighted by atomic mass is 32.1. The van der Waals surface area contributed by atoms with Crippen molar-refractivity contribution in [1.82, 2.24) is 4.98 Å². The molecule has 0 spiro atoms. The average Bonchev–Trinajstić information content (AvgIpc) is 2.85. The zero-order valence-corrected chi connectivity index (χ0v) is 9.98. The molecule has 18 heavy (non-hydrogen) atoms. The molecule has 2 aromatic rings. The minimum Gasteiger partial charge on any atom is -0.487 e. The Balaban J connectivity index is 2.09. The van der Waals surface area contributed by atoms with Crippen LogP contribution in [0, 0.1) is 11.3 Å². The van der Waals surface area contributed by atoms with Crippen LogP contribution in [0.5, 0.6) is 5.75 Å². The van der Waals surface area contributed by atoms with Crippen LogP contribution in [0.25, 0.3) is 0 Å². The van der Waals surface area contributed by atoms with E-state index < -0.39 is 5.97 Å². The van der Waals surface area contributed by atoms with Crippen LogP contribution in [0.15, 0.2) is 29.8 Å². The lowest BCUT2D eigenvalue weighted by Gasteiger charge is -2.05. The lowest BCUT2D eigenvalue weighted by atomic mass is 10.2. The number of aromatic nitrogens is 1. The van der Waals surface area contributed by atoms with Gasteiger partial charge in [0.25, 0.3) is 0 Å². The van der Waals surface area contributed by atoms with Gasteiger partial charge in [-0.25, -0.2) is 9.78 Å². The summed E-state index contributed by atoms with van der Waals surface area (Å²) in [6.07, 6.45) is 1.52. The van der Waals surface area contributed by atoms with Gasteiger partial charge in [0, 0.05) is 6.20 Å². The first-order valence-corrected chi connectivity index (χ1v) is 5.87. The van der Waals surface area contributed by atoms with Crippen molar-refractivity contribution in [3.05, 3.63) is 45.9 Å². The molecule has 0 aliphatic heterocycles. The molecule has 0 amide bonds. The molecule has 2 rings (SSSR count). The third kappa shape index (κ3) is 2.64. The number of hydrogen-bond acceptors (Lipinski definition) is 5. The number of aromatic carboxylic acids is 1. The number of rotatable bonds is 4. The van der Waals surface area contributed by atoms with Gasteiger partial charge in [-0.1, -0.05) is 0 Å². The smallest absolute Gasteiger partial charge is 0.349 e. The second kappa shape index (κ2) is 5.29. The van der Waals surface area contributed by atoms with Crippen molar-refractivity contribution in [2.45, 2.75) is 6.61 Å². The lowest BCUT2D eigenvalue weighted by molar-refractivity contribution is 0.0697. The van der Waals surface area contributed by atoms with Crippen molar-refractivity contribution >= 4 is 17.3 Å². The summed E-state index contributed by atoms with van der Waals surface area (Å²) < 4.78 is 5.42. The number of pyridine rings is 1. The van der Waals surface area contributed by atoms with E-state index >= 15 is 0 Å². The zero-order valence-electron chi connectivity index (χ0n) is 9.16. The second-order valence-electron chi connectivity index (χ2n) is 3.37. The standard InChI is InChI=1S/C12H8N2O3S/c13-6-9-5-8(1-3-14-9)7-17-10-2-4-18-11(10)12(15)16/h1-5H,7H2,(H,15,16). The van der Waals surface area contributed by atoms with Gasteiger partial charge in [-0.3, -0.25) is 0 Å². The summed E-state index contributed by atoms with van der Waals surface area (Å²) in [5, 5.41) is 19.3. The first kappa shape index (κ1) is 12.1. The fraction of sp³-hybridized carbons (Fsp3) is 0.0833. The molecule has 0 atom stereocenters. The summed E-state index contributed by atoms with van der Waals surface area (Å²) in [7, 11) is 0. The normalized spacial score (nSPS) is 9.72. The van der Waals surface area contributed by atoms with Gasteiger partial charge in [0.1, 0.15) is 24.1 Å².